The molecule has 0 radical (unpaired) electrons. The van der Waals surface area contributed by atoms with Gasteiger partial charge in [-0.15, -0.1) is 0 Å². The predicted octanol–water partition coefficient (Wildman–Crippen LogP) is 3.18. The van der Waals surface area contributed by atoms with E-state index in [0.717, 1.165) is 11.3 Å². The van der Waals surface area contributed by atoms with Gasteiger partial charge in [0.2, 0.25) is 0 Å². The second kappa shape index (κ2) is 7.75. The van der Waals surface area contributed by atoms with Gasteiger partial charge in [0, 0.05) is 13.5 Å². The summed E-state index contributed by atoms with van der Waals surface area (Å²) in [5, 5.41) is 6.42. The van der Waals surface area contributed by atoms with Crippen molar-refractivity contribution in [1.82, 2.24) is 0 Å². The lowest BCUT2D eigenvalue weighted by atomic mass is 10.0. The molecule has 1 heterocycles. The second-order valence-corrected chi connectivity index (χ2v) is 5.49. The van der Waals surface area contributed by atoms with Gasteiger partial charge in [0.25, 0.3) is 0 Å². The van der Waals surface area contributed by atoms with E-state index in [0.29, 0.717) is 18.7 Å². The highest BCUT2D eigenvalue weighted by Gasteiger charge is 2.33. The number of hydrogen-bond donors (Lipinski definition) is 0. The summed E-state index contributed by atoms with van der Waals surface area (Å²) >= 11 is 0. The van der Waals surface area contributed by atoms with Crippen LogP contribution in [0.5, 0.6) is 0 Å². The standard InChI is InChI=1S/C19H20N2O3/c1-23-12-13-24-19(22)17-14-18(15-8-4-2-5-9-15)21(20-17)16-10-6-3-7-11-16/h2-11,18H,12-14H2,1H3/t18-/m1/s1. The number of rotatable bonds is 6. The Morgan fingerprint density at radius 2 is 1.75 bits per heavy atom. The Hall–Kier alpha value is -2.66. The normalized spacial score (nSPS) is 16.8. The summed E-state index contributed by atoms with van der Waals surface area (Å²) < 4.78 is 10.1. The highest BCUT2D eigenvalue weighted by Crippen LogP contribution is 2.35. The molecule has 0 fully saturated rings. The quantitative estimate of drug-likeness (QED) is 0.605. The summed E-state index contributed by atoms with van der Waals surface area (Å²) in [6, 6.07) is 19.9. The summed E-state index contributed by atoms with van der Waals surface area (Å²) in [6.07, 6.45) is 0.519. The minimum Gasteiger partial charge on any atom is -0.459 e. The average molecular weight is 324 g/mol. The molecule has 0 saturated carbocycles. The molecule has 0 spiro atoms. The topological polar surface area (TPSA) is 51.1 Å². The largest absolute Gasteiger partial charge is 0.459 e. The number of benzene rings is 2. The molecule has 0 bridgehead atoms. The van der Waals surface area contributed by atoms with Crippen LogP contribution in [-0.2, 0) is 14.3 Å². The molecule has 0 N–H and O–H groups in total. The van der Waals surface area contributed by atoms with Crippen LogP contribution in [0, 0.1) is 0 Å². The van der Waals surface area contributed by atoms with E-state index < -0.39 is 0 Å². The van der Waals surface area contributed by atoms with Crippen molar-refractivity contribution in [1.29, 1.82) is 0 Å². The summed E-state index contributed by atoms with van der Waals surface area (Å²) in [6.45, 7) is 0.610. The summed E-state index contributed by atoms with van der Waals surface area (Å²) in [4.78, 5) is 12.2. The lowest BCUT2D eigenvalue weighted by Crippen LogP contribution is -2.19. The van der Waals surface area contributed by atoms with Crippen molar-refractivity contribution in [2.24, 2.45) is 5.10 Å². The van der Waals surface area contributed by atoms with Crippen LogP contribution in [0.3, 0.4) is 0 Å². The Kier molecular flexibility index (Phi) is 5.23. The lowest BCUT2D eigenvalue weighted by Gasteiger charge is -2.23. The number of esters is 1. The number of para-hydroxylation sites is 1. The minimum atomic E-state index is -0.383. The zero-order valence-electron chi connectivity index (χ0n) is 13.6. The molecule has 0 aliphatic carbocycles. The Morgan fingerprint density at radius 3 is 2.42 bits per heavy atom. The third-order valence-electron chi connectivity index (χ3n) is 3.87. The predicted molar refractivity (Wildman–Crippen MR) is 93.0 cm³/mol. The number of anilines is 1. The molecular formula is C19H20N2O3. The van der Waals surface area contributed by atoms with Gasteiger partial charge in [-0.2, -0.15) is 5.10 Å². The van der Waals surface area contributed by atoms with Crippen molar-refractivity contribution in [3.63, 3.8) is 0 Å². The van der Waals surface area contributed by atoms with Crippen molar-refractivity contribution < 1.29 is 14.3 Å². The molecule has 24 heavy (non-hydrogen) atoms. The maximum atomic E-state index is 12.2. The maximum absolute atomic E-state index is 12.2. The van der Waals surface area contributed by atoms with E-state index >= 15 is 0 Å². The van der Waals surface area contributed by atoms with Crippen molar-refractivity contribution >= 4 is 17.4 Å². The van der Waals surface area contributed by atoms with Crippen LogP contribution in [0.1, 0.15) is 18.0 Å². The van der Waals surface area contributed by atoms with E-state index in [9.17, 15) is 4.79 Å². The molecule has 3 rings (SSSR count). The van der Waals surface area contributed by atoms with Gasteiger partial charge in [0.1, 0.15) is 12.3 Å². The van der Waals surface area contributed by atoms with Gasteiger partial charge in [-0.1, -0.05) is 48.5 Å². The molecular weight excluding hydrogens is 304 g/mol. The Labute approximate surface area is 141 Å². The first-order chi connectivity index (χ1) is 11.8. The zero-order valence-corrected chi connectivity index (χ0v) is 13.6. The van der Waals surface area contributed by atoms with Crippen LogP contribution >= 0.6 is 0 Å². The fourth-order valence-corrected chi connectivity index (χ4v) is 2.69. The van der Waals surface area contributed by atoms with Crippen molar-refractivity contribution in [2.75, 3.05) is 25.3 Å². The maximum Gasteiger partial charge on any atom is 0.354 e. The van der Waals surface area contributed by atoms with Gasteiger partial charge in [-0.05, 0) is 17.7 Å². The molecule has 1 aliphatic heterocycles. The first kappa shape index (κ1) is 16.2. The molecule has 5 nitrogen and oxygen atoms in total. The number of methoxy groups -OCH3 is 1. The van der Waals surface area contributed by atoms with Crippen LogP contribution in [-0.4, -0.2) is 32.0 Å². The number of hydrogen-bond acceptors (Lipinski definition) is 5. The second-order valence-electron chi connectivity index (χ2n) is 5.49. The van der Waals surface area contributed by atoms with Crippen molar-refractivity contribution in [3.8, 4) is 0 Å². The lowest BCUT2D eigenvalue weighted by molar-refractivity contribution is -0.136. The molecule has 0 amide bonds. The molecule has 2 aromatic rings. The SMILES string of the molecule is COCCOC(=O)C1=NN(c2ccccc2)[C@@H](c2ccccc2)C1. The summed E-state index contributed by atoms with van der Waals surface area (Å²) in [5.41, 5.74) is 2.50. The highest BCUT2D eigenvalue weighted by atomic mass is 16.6. The van der Waals surface area contributed by atoms with E-state index in [2.05, 4.69) is 17.2 Å². The Bertz CT molecular complexity index is 701. The molecule has 1 atom stereocenters. The van der Waals surface area contributed by atoms with Crippen LogP contribution in [0.4, 0.5) is 5.69 Å². The smallest absolute Gasteiger partial charge is 0.354 e. The molecule has 0 saturated heterocycles. The average Bonchev–Trinajstić information content (AvgIpc) is 3.09. The van der Waals surface area contributed by atoms with Crippen LogP contribution < -0.4 is 5.01 Å². The van der Waals surface area contributed by atoms with E-state index in [1.54, 1.807) is 7.11 Å². The van der Waals surface area contributed by atoms with E-state index in [1.165, 1.54) is 0 Å². The van der Waals surface area contributed by atoms with Gasteiger partial charge < -0.3 is 9.47 Å². The summed E-state index contributed by atoms with van der Waals surface area (Å²) in [7, 11) is 1.57. The van der Waals surface area contributed by atoms with Crippen LogP contribution in [0.25, 0.3) is 0 Å². The minimum absolute atomic E-state index is 0.0152. The number of nitrogens with zero attached hydrogens (tertiary/aromatic N) is 2. The van der Waals surface area contributed by atoms with Gasteiger partial charge >= 0.3 is 5.97 Å². The fraction of sp³-hybridized carbons (Fsp3) is 0.263. The zero-order chi connectivity index (χ0) is 16.8. The van der Waals surface area contributed by atoms with Crippen LogP contribution in [0.2, 0.25) is 0 Å². The third kappa shape index (κ3) is 3.63. The number of carbonyl (C=O) groups excluding carboxylic acids is 1. The number of hydrazone groups is 1. The van der Waals surface area contributed by atoms with Crippen molar-refractivity contribution in [2.45, 2.75) is 12.5 Å². The first-order valence-corrected chi connectivity index (χ1v) is 7.92. The van der Waals surface area contributed by atoms with Gasteiger partial charge in [0.15, 0.2) is 0 Å². The van der Waals surface area contributed by atoms with Gasteiger partial charge in [-0.25, -0.2) is 4.79 Å². The van der Waals surface area contributed by atoms with Crippen LogP contribution in [0.15, 0.2) is 65.8 Å². The molecule has 124 valence electrons. The molecule has 2 aromatic carbocycles. The fourth-order valence-electron chi connectivity index (χ4n) is 2.69. The Balaban J connectivity index is 1.84. The monoisotopic (exact) mass is 324 g/mol. The van der Waals surface area contributed by atoms with Gasteiger partial charge in [-0.3, -0.25) is 5.01 Å². The molecule has 5 heteroatoms. The Morgan fingerprint density at radius 1 is 1.08 bits per heavy atom. The van der Waals surface area contributed by atoms with E-state index in [-0.39, 0.29) is 18.6 Å². The molecule has 1 aliphatic rings. The van der Waals surface area contributed by atoms with Gasteiger partial charge in [0.05, 0.1) is 18.3 Å². The first-order valence-electron chi connectivity index (χ1n) is 7.92. The van der Waals surface area contributed by atoms with Crippen molar-refractivity contribution in [3.05, 3.63) is 66.2 Å². The molecule has 0 unspecified atom stereocenters. The van der Waals surface area contributed by atoms with E-state index in [4.69, 9.17) is 9.47 Å². The summed E-state index contributed by atoms with van der Waals surface area (Å²) in [5.74, 6) is -0.383. The third-order valence-corrected chi connectivity index (χ3v) is 3.87. The number of ether oxygens (including phenoxy) is 2. The van der Waals surface area contributed by atoms with E-state index in [1.807, 2.05) is 53.5 Å². The highest BCUT2D eigenvalue weighted by molar-refractivity contribution is 6.37. The number of carbonyl (C=O) groups is 1. The molecule has 0 aromatic heterocycles.